The van der Waals surface area contributed by atoms with Gasteiger partial charge in [0.15, 0.2) is 0 Å². The van der Waals surface area contributed by atoms with Crippen molar-refractivity contribution in [3.63, 3.8) is 0 Å². The van der Waals surface area contributed by atoms with Crippen molar-refractivity contribution in [1.29, 1.82) is 0 Å². The van der Waals surface area contributed by atoms with Gasteiger partial charge in [0.1, 0.15) is 0 Å². The zero-order valence-corrected chi connectivity index (χ0v) is 14.2. The van der Waals surface area contributed by atoms with Crippen LogP contribution < -0.4 is 0 Å². The Morgan fingerprint density at radius 1 is 0.857 bits per heavy atom. The van der Waals surface area contributed by atoms with Crippen LogP contribution in [-0.4, -0.2) is 8.52 Å². The van der Waals surface area contributed by atoms with Crippen molar-refractivity contribution in [2.45, 2.75) is 0 Å². The van der Waals surface area contributed by atoms with Crippen LogP contribution in [0.3, 0.4) is 0 Å². The van der Waals surface area contributed by atoms with Crippen LogP contribution in [0.5, 0.6) is 0 Å². The predicted octanol–water partition coefficient (Wildman–Crippen LogP) is 2.66. The van der Waals surface area contributed by atoms with E-state index in [0.717, 1.165) is 0 Å². The molecule has 0 N–H and O–H groups in total. The van der Waals surface area contributed by atoms with Crippen molar-refractivity contribution < 1.29 is 23.0 Å². The van der Waals surface area contributed by atoms with Crippen LogP contribution in [0.15, 0.2) is 0 Å². The first-order chi connectivity index (χ1) is 3.35. The topological polar surface area (TPSA) is 0 Å². The van der Waals surface area contributed by atoms with Gasteiger partial charge in [0.05, 0.1) is 0 Å². The van der Waals surface area contributed by atoms with Gasteiger partial charge in [0, 0.05) is 0 Å². The summed E-state index contributed by atoms with van der Waals surface area (Å²) < 4.78 is 3.91. The molecule has 0 unspecified atom stereocenters. The van der Waals surface area contributed by atoms with Gasteiger partial charge >= 0.3 is 79.3 Å². The molecule has 0 heterocycles. The Hall–Kier alpha value is 2.38. The van der Waals surface area contributed by atoms with Crippen LogP contribution in [-0.2, 0) is 23.0 Å². The second-order valence-corrected chi connectivity index (χ2v) is 35.2. The average molecular weight is 482 g/mol. The summed E-state index contributed by atoms with van der Waals surface area (Å²) in [6.07, 6.45) is 0. The zero-order valence-electron chi connectivity index (χ0n) is 3.96. The van der Waals surface area contributed by atoms with E-state index >= 15 is 0 Å². The van der Waals surface area contributed by atoms with Gasteiger partial charge in [0.25, 0.3) is 0 Å². The normalized spacial score (nSPS) is 9.00. The van der Waals surface area contributed by atoms with Gasteiger partial charge in [-0.3, -0.25) is 0 Å². The van der Waals surface area contributed by atoms with Crippen LogP contribution in [0.1, 0.15) is 0 Å². The molecule has 7 heavy (non-hydrogen) atoms. The molecule has 0 saturated heterocycles. The van der Waals surface area contributed by atoms with Crippen molar-refractivity contribution in [2.24, 2.45) is 0 Å². The first-order valence-corrected chi connectivity index (χ1v) is 17.3. The van der Waals surface area contributed by atoms with Gasteiger partial charge in [-0.1, -0.05) is 0 Å². The molecule has 41 valence electrons. The first-order valence-electron chi connectivity index (χ1n) is 2.30. The van der Waals surface area contributed by atoms with Crippen LogP contribution in [0.25, 0.3) is 0 Å². The molecular formula is C3H6Br3Hg. The van der Waals surface area contributed by atoms with Crippen molar-refractivity contribution >= 4 is 47.8 Å². The van der Waals surface area contributed by atoms with E-state index in [2.05, 4.69) is 47.8 Å². The second-order valence-electron chi connectivity index (χ2n) is 1.63. The van der Waals surface area contributed by atoms with Gasteiger partial charge in [-0.05, 0) is 0 Å². The van der Waals surface area contributed by atoms with Crippen LogP contribution in [0.4, 0.5) is 0 Å². The number of hydrogen-bond acceptors (Lipinski definition) is 0. The minimum atomic E-state index is -1.19. The monoisotopic (exact) mass is 481 g/mol. The molecule has 0 atom stereocenters. The number of halogens is 3. The Kier molecular flexibility index (Phi) is 8.70. The predicted molar refractivity (Wildman–Crippen MR) is 41.4 cm³/mol. The Bertz CT molecular complexity index is 31.7. The quantitative estimate of drug-likeness (QED) is 0.429. The molecule has 0 aromatic carbocycles. The number of alkyl halides is 3. The average Bonchev–Trinajstić information content (AvgIpc) is 1.72. The van der Waals surface area contributed by atoms with Crippen LogP contribution in [0, 0.1) is 0 Å². The minimum absolute atomic E-state index is 1.19. The van der Waals surface area contributed by atoms with Gasteiger partial charge in [-0.2, -0.15) is 0 Å². The van der Waals surface area contributed by atoms with E-state index in [0.29, 0.717) is 0 Å². The Morgan fingerprint density at radius 3 is 1.14 bits per heavy atom. The molecule has 0 saturated carbocycles. The summed E-state index contributed by atoms with van der Waals surface area (Å²) in [6, 6.07) is 0. The molecule has 0 aromatic rings. The van der Waals surface area contributed by atoms with Crippen molar-refractivity contribution in [3.05, 3.63) is 0 Å². The molecule has 0 fully saturated rings. The molecule has 0 aliphatic rings. The summed E-state index contributed by atoms with van der Waals surface area (Å²) >= 11 is 9.24. The van der Waals surface area contributed by atoms with Gasteiger partial charge < -0.3 is 0 Å². The standard InChI is InChI=1S/3CH2Br.Hg/c3*1-2;/h3*1H2;. The fourth-order valence-electron chi connectivity index (χ4n) is 0.152. The Morgan fingerprint density at radius 2 is 1.14 bits per heavy atom. The van der Waals surface area contributed by atoms with E-state index in [4.69, 9.17) is 0 Å². The molecule has 0 aliphatic carbocycles. The summed E-state index contributed by atoms with van der Waals surface area (Å²) in [7, 11) is 0. The van der Waals surface area contributed by atoms with E-state index < -0.39 is 23.0 Å². The summed E-state index contributed by atoms with van der Waals surface area (Å²) in [4.78, 5) is 0. The van der Waals surface area contributed by atoms with E-state index in [1.54, 1.807) is 0 Å². The molecule has 0 radical (unpaired) electrons. The second kappa shape index (κ2) is 6.49. The summed E-state index contributed by atoms with van der Waals surface area (Å²) in [5.41, 5.74) is 0. The molecule has 0 nitrogen and oxygen atoms in total. The van der Waals surface area contributed by atoms with Crippen LogP contribution >= 0.6 is 47.8 Å². The molecular weight excluding hydrogens is 476 g/mol. The maximum atomic E-state index is 3.48. The third kappa shape index (κ3) is 4.85. The molecule has 0 spiro atoms. The van der Waals surface area contributed by atoms with Gasteiger partial charge in [-0.15, -0.1) is 0 Å². The van der Waals surface area contributed by atoms with Crippen molar-refractivity contribution in [1.82, 2.24) is 0 Å². The Labute approximate surface area is 78.1 Å². The number of rotatable bonds is 3. The third-order valence-corrected chi connectivity index (χ3v) is 36.6. The number of hydrogen-bond donors (Lipinski definition) is 0. The Balaban J connectivity index is 2.99. The van der Waals surface area contributed by atoms with E-state index in [9.17, 15) is 0 Å². The molecule has 0 aliphatic heterocycles. The van der Waals surface area contributed by atoms with Crippen molar-refractivity contribution in [3.8, 4) is 0 Å². The maximum absolute atomic E-state index is 3.48. The summed E-state index contributed by atoms with van der Waals surface area (Å²) in [5, 5.41) is 0. The summed E-state index contributed by atoms with van der Waals surface area (Å²) in [5.74, 6) is 0. The molecule has 0 aromatic heterocycles. The van der Waals surface area contributed by atoms with Gasteiger partial charge in [-0.25, -0.2) is 0 Å². The fourth-order valence-corrected chi connectivity index (χ4v) is 35.9. The fraction of sp³-hybridized carbons (Fsp3) is 1.00. The van der Waals surface area contributed by atoms with E-state index in [-0.39, 0.29) is 0 Å². The molecule has 0 rings (SSSR count). The van der Waals surface area contributed by atoms with Gasteiger partial charge in [0.2, 0.25) is 0 Å². The van der Waals surface area contributed by atoms with Crippen molar-refractivity contribution in [2.75, 3.05) is 8.52 Å². The molecule has 0 amide bonds. The third-order valence-electron chi connectivity index (χ3n) is 0.802. The molecule has 0 bridgehead atoms. The first kappa shape index (κ1) is 9.38. The zero-order chi connectivity index (χ0) is 5.70. The van der Waals surface area contributed by atoms with E-state index in [1.165, 1.54) is 8.52 Å². The summed E-state index contributed by atoms with van der Waals surface area (Å²) in [6.45, 7) is 0. The molecule has 4 heteroatoms. The SMILES string of the molecule is Br[CH2][Hg]([CH2]Br)[CH2]Br. The van der Waals surface area contributed by atoms with E-state index in [1.807, 2.05) is 0 Å². The van der Waals surface area contributed by atoms with Crippen LogP contribution in [0.2, 0.25) is 0 Å².